The zero-order valence-corrected chi connectivity index (χ0v) is 11.5. The SMILES string of the molecule is Cc1cc(Cl)ccc1OC(=O)c1cc([N+](=O)[O-])cn1C. The molecule has 0 unspecified atom stereocenters. The highest BCUT2D eigenvalue weighted by Crippen LogP contribution is 2.23. The molecule has 0 radical (unpaired) electrons. The fourth-order valence-corrected chi connectivity index (χ4v) is 1.96. The molecule has 0 fully saturated rings. The number of nitro groups is 1. The second-order valence-electron chi connectivity index (χ2n) is 4.25. The number of aromatic nitrogens is 1. The molecule has 1 aromatic carbocycles. The number of benzene rings is 1. The smallest absolute Gasteiger partial charge is 0.360 e. The van der Waals surface area contributed by atoms with E-state index in [2.05, 4.69) is 0 Å². The molecule has 2 aromatic rings. The maximum atomic E-state index is 12.0. The molecule has 0 aliphatic heterocycles. The summed E-state index contributed by atoms with van der Waals surface area (Å²) in [6.07, 6.45) is 1.26. The van der Waals surface area contributed by atoms with Gasteiger partial charge in [0.15, 0.2) is 0 Å². The molecule has 6 nitrogen and oxygen atoms in total. The predicted octanol–water partition coefficient (Wildman–Crippen LogP) is 3.11. The molecular formula is C13H11ClN2O4. The molecule has 20 heavy (non-hydrogen) atoms. The van der Waals surface area contributed by atoms with E-state index in [0.717, 1.165) is 0 Å². The van der Waals surface area contributed by atoms with E-state index in [9.17, 15) is 14.9 Å². The summed E-state index contributed by atoms with van der Waals surface area (Å²) in [5.74, 6) is -0.297. The molecule has 1 aromatic heterocycles. The molecular weight excluding hydrogens is 284 g/mol. The van der Waals surface area contributed by atoms with Crippen molar-refractivity contribution >= 4 is 23.3 Å². The van der Waals surface area contributed by atoms with Gasteiger partial charge in [-0.1, -0.05) is 11.6 Å². The Morgan fingerprint density at radius 2 is 2.10 bits per heavy atom. The lowest BCUT2D eigenvalue weighted by atomic mass is 10.2. The standard InChI is InChI=1S/C13H11ClN2O4/c1-8-5-9(14)3-4-12(8)20-13(17)11-6-10(16(18)19)7-15(11)2/h3-7H,1-2H3. The van der Waals surface area contributed by atoms with Crippen LogP contribution in [0.15, 0.2) is 30.5 Å². The van der Waals surface area contributed by atoms with E-state index < -0.39 is 10.9 Å². The Labute approximate surface area is 119 Å². The summed E-state index contributed by atoms with van der Waals surface area (Å²) >= 11 is 5.81. The first-order valence-corrected chi connectivity index (χ1v) is 6.05. The first-order valence-electron chi connectivity index (χ1n) is 5.67. The lowest BCUT2D eigenvalue weighted by molar-refractivity contribution is -0.384. The van der Waals surface area contributed by atoms with Gasteiger partial charge in [0.1, 0.15) is 11.4 Å². The Morgan fingerprint density at radius 3 is 2.65 bits per heavy atom. The third-order valence-corrected chi connectivity index (χ3v) is 2.99. The van der Waals surface area contributed by atoms with Gasteiger partial charge in [-0.2, -0.15) is 0 Å². The Hall–Kier alpha value is -2.34. The van der Waals surface area contributed by atoms with Crippen molar-refractivity contribution in [3.05, 3.63) is 56.9 Å². The lowest BCUT2D eigenvalue weighted by Crippen LogP contribution is -2.13. The van der Waals surface area contributed by atoms with Crippen LogP contribution >= 0.6 is 11.6 Å². The number of hydrogen-bond donors (Lipinski definition) is 0. The summed E-state index contributed by atoms with van der Waals surface area (Å²) in [6.45, 7) is 1.75. The molecule has 0 aliphatic rings. The van der Waals surface area contributed by atoms with Crippen molar-refractivity contribution in [1.29, 1.82) is 0 Å². The minimum absolute atomic E-state index is 0.103. The van der Waals surface area contributed by atoms with Crippen LogP contribution in [0.2, 0.25) is 5.02 Å². The zero-order chi connectivity index (χ0) is 14.9. The molecule has 2 rings (SSSR count). The van der Waals surface area contributed by atoms with Gasteiger partial charge in [-0.3, -0.25) is 10.1 Å². The molecule has 7 heteroatoms. The Balaban J connectivity index is 2.26. The number of hydrogen-bond acceptors (Lipinski definition) is 4. The Bertz CT molecular complexity index is 694. The molecule has 0 saturated carbocycles. The van der Waals surface area contributed by atoms with Crippen LogP contribution in [-0.2, 0) is 7.05 Å². The molecule has 0 aliphatic carbocycles. The number of esters is 1. The van der Waals surface area contributed by atoms with Gasteiger partial charge < -0.3 is 9.30 Å². The van der Waals surface area contributed by atoms with Gasteiger partial charge in [0.25, 0.3) is 5.69 Å². The van der Waals surface area contributed by atoms with E-state index in [-0.39, 0.29) is 11.4 Å². The molecule has 0 N–H and O–H groups in total. The van der Waals surface area contributed by atoms with Crippen LogP contribution in [0.5, 0.6) is 5.75 Å². The van der Waals surface area contributed by atoms with Crippen molar-refractivity contribution in [3.8, 4) is 5.75 Å². The summed E-state index contributed by atoms with van der Waals surface area (Å²) in [4.78, 5) is 22.1. The average Bonchev–Trinajstić information content (AvgIpc) is 2.75. The minimum atomic E-state index is -0.661. The number of rotatable bonds is 3. The quantitative estimate of drug-likeness (QED) is 0.377. The number of aryl methyl sites for hydroxylation is 2. The highest BCUT2D eigenvalue weighted by atomic mass is 35.5. The maximum Gasteiger partial charge on any atom is 0.360 e. The highest BCUT2D eigenvalue weighted by molar-refractivity contribution is 6.30. The number of nitrogens with zero attached hydrogens (tertiary/aromatic N) is 2. The summed E-state index contributed by atoms with van der Waals surface area (Å²) in [6, 6.07) is 6.02. The second kappa shape index (κ2) is 5.34. The number of carbonyl (C=O) groups is 1. The fourth-order valence-electron chi connectivity index (χ4n) is 1.73. The fraction of sp³-hybridized carbons (Fsp3) is 0.154. The van der Waals surface area contributed by atoms with Crippen LogP contribution in [0.4, 0.5) is 5.69 Å². The summed E-state index contributed by atoms with van der Waals surface area (Å²) < 4.78 is 6.57. The van der Waals surface area contributed by atoms with E-state index in [0.29, 0.717) is 16.3 Å². The van der Waals surface area contributed by atoms with Gasteiger partial charge in [0.05, 0.1) is 11.1 Å². The molecule has 1 heterocycles. The number of carbonyl (C=O) groups excluding carboxylic acids is 1. The summed E-state index contributed by atoms with van der Waals surface area (Å²) in [7, 11) is 1.54. The number of ether oxygens (including phenoxy) is 1. The molecule has 104 valence electrons. The van der Waals surface area contributed by atoms with Crippen LogP contribution in [0.3, 0.4) is 0 Å². The van der Waals surface area contributed by atoms with Crippen LogP contribution in [0, 0.1) is 17.0 Å². The third-order valence-electron chi connectivity index (χ3n) is 2.75. The Kier molecular flexibility index (Phi) is 3.76. The largest absolute Gasteiger partial charge is 0.422 e. The van der Waals surface area contributed by atoms with Gasteiger partial charge in [-0.15, -0.1) is 0 Å². The van der Waals surface area contributed by atoms with E-state index >= 15 is 0 Å². The van der Waals surface area contributed by atoms with Gasteiger partial charge in [-0.05, 0) is 30.7 Å². The zero-order valence-electron chi connectivity index (χ0n) is 10.8. The van der Waals surface area contributed by atoms with Gasteiger partial charge >= 0.3 is 5.97 Å². The van der Waals surface area contributed by atoms with E-state index in [1.54, 1.807) is 25.1 Å². The molecule has 0 atom stereocenters. The highest BCUT2D eigenvalue weighted by Gasteiger charge is 2.19. The van der Waals surface area contributed by atoms with Crippen LogP contribution in [-0.4, -0.2) is 15.5 Å². The summed E-state index contributed by atoms with van der Waals surface area (Å²) in [5.41, 5.74) is 0.646. The van der Waals surface area contributed by atoms with Crippen molar-refractivity contribution in [2.45, 2.75) is 6.92 Å². The van der Waals surface area contributed by atoms with E-state index in [4.69, 9.17) is 16.3 Å². The average molecular weight is 295 g/mol. The summed E-state index contributed by atoms with van der Waals surface area (Å²) in [5, 5.41) is 11.2. The monoisotopic (exact) mass is 294 g/mol. The minimum Gasteiger partial charge on any atom is -0.422 e. The maximum absolute atomic E-state index is 12.0. The Morgan fingerprint density at radius 1 is 1.40 bits per heavy atom. The number of halogens is 1. The third kappa shape index (κ3) is 2.80. The lowest BCUT2D eigenvalue weighted by Gasteiger charge is -2.07. The van der Waals surface area contributed by atoms with Crippen molar-refractivity contribution in [2.75, 3.05) is 0 Å². The molecule has 0 saturated heterocycles. The molecule has 0 bridgehead atoms. The van der Waals surface area contributed by atoms with Crippen molar-refractivity contribution in [3.63, 3.8) is 0 Å². The van der Waals surface area contributed by atoms with Crippen molar-refractivity contribution < 1.29 is 14.5 Å². The van der Waals surface area contributed by atoms with Crippen molar-refractivity contribution in [1.82, 2.24) is 4.57 Å². The first kappa shape index (κ1) is 14.1. The predicted molar refractivity (Wildman–Crippen MR) is 73.2 cm³/mol. The van der Waals surface area contributed by atoms with Gasteiger partial charge in [0, 0.05) is 18.1 Å². The first-order chi connectivity index (χ1) is 9.38. The molecule has 0 spiro atoms. The van der Waals surface area contributed by atoms with E-state index in [1.807, 2.05) is 0 Å². The normalized spacial score (nSPS) is 10.3. The van der Waals surface area contributed by atoms with Crippen LogP contribution in [0.1, 0.15) is 16.1 Å². The van der Waals surface area contributed by atoms with Crippen LogP contribution < -0.4 is 4.74 Å². The van der Waals surface area contributed by atoms with Gasteiger partial charge in [0.2, 0.25) is 0 Å². The van der Waals surface area contributed by atoms with Crippen molar-refractivity contribution in [2.24, 2.45) is 7.05 Å². The van der Waals surface area contributed by atoms with Crippen LogP contribution in [0.25, 0.3) is 0 Å². The molecule has 0 amide bonds. The van der Waals surface area contributed by atoms with Gasteiger partial charge in [-0.25, -0.2) is 4.79 Å². The topological polar surface area (TPSA) is 74.4 Å². The van der Waals surface area contributed by atoms with E-state index in [1.165, 1.54) is 23.9 Å². The second-order valence-corrected chi connectivity index (χ2v) is 4.69.